The molecule has 3 aromatic rings. The minimum atomic E-state index is -1.13. The van der Waals surface area contributed by atoms with Crippen LogP contribution in [0, 0.1) is 0 Å². The van der Waals surface area contributed by atoms with E-state index in [2.05, 4.69) is 20.7 Å². The first kappa shape index (κ1) is 51.1. The summed E-state index contributed by atoms with van der Waals surface area (Å²) in [5.41, 5.74) is 11.6. The highest BCUT2D eigenvalue weighted by molar-refractivity contribution is 5.94. The third-order valence-electron chi connectivity index (χ3n) is 9.37. The van der Waals surface area contributed by atoms with Crippen molar-refractivity contribution in [3.05, 3.63) is 98.9 Å². The molecule has 3 aromatic carbocycles. The van der Waals surface area contributed by atoms with Crippen LogP contribution in [-0.4, -0.2) is 144 Å². The lowest BCUT2D eigenvalue weighted by Gasteiger charge is -2.26. The minimum Gasteiger partial charge on any atom is -0.508 e. The van der Waals surface area contributed by atoms with Gasteiger partial charge in [0.25, 0.3) is 5.91 Å². The molecular weight excluding hydrogens is 823 g/mol. The number of carboxylic acids is 3. The number of rotatable bonds is 33. The van der Waals surface area contributed by atoms with E-state index in [0.29, 0.717) is 99.9 Å². The third-order valence-corrected chi connectivity index (χ3v) is 9.37. The zero-order valence-electron chi connectivity index (χ0n) is 35.2. The molecule has 342 valence electrons. The molecule has 0 unspecified atom stereocenters. The molecule has 0 heterocycles. The smallest absolute Gasteiger partial charge is 0.317 e. The SMILES string of the molecule is [N-]=[N+]=Nc1ccc(C(=O)NCCCOCCOCCOCCCNC(=O)CCc2ccc(O)c(CN(CCN(CC(=O)O)Cc3cc(CCC(=O)O)ccc3O)CC(=O)O)c2)cc1. The molecule has 0 aliphatic carbocycles. The van der Waals surface area contributed by atoms with Crippen LogP contribution in [0.2, 0.25) is 0 Å². The maximum atomic E-state index is 12.5. The zero-order valence-corrected chi connectivity index (χ0v) is 35.2. The summed E-state index contributed by atoms with van der Waals surface area (Å²) in [6, 6.07) is 15.8. The van der Waals surface area contributed by atoms with Crippen LogP contribution in [0.5, 0.6) is 11.5 Å². The van der Waals surface area contributed by atoms with Gasteiger partial charge in [-0.3, -0.25) is 33.8 Å². The average molecular weight is 880 g/mol. The summed E-state index contributed by atoms with van der Waals surface area (Å²) in [7, 11) is 0. The number of aromatic hydroxyl groups is 2. The standard InChI is InChI=1S/C43H57N7O13/c44-48-47-36-9-7-33(8-10-36)43(60)46-16-2-20-62-22-24-63-23-21-61-19-1-15-45-39(53)13-5-31-3-11-37(51)34(25-31)27-49(29-41(56)57)17-18-50(30-42(58)59)28-35-26-32(4-12-38(35)52)6-14-40(54)55/h3-4,7-12,25-26,51-52H,1-2,5-6,13-24,27-30H2,(H,45,53)(H,46,60)(H,54,55)(H,56,57)(H,58,59). The lowest BCUT2D eigenvalue weighted by atomic mass is 10.0. The Morgan fingerprint density at radius 3 is 1.57 bits per heavy atom. The quantitative estimate of drug-likeness (QED) is 0.0198. The first-order chi connectivity index (χ1) is 30.3. The summed E-state index contributed by atoms with van der Waals surface area (Å²) in [6.07, 6.45) is 1.89. The number of hydrogen-bond donors (Lipinski definition) is 7. The van der Waals surface area contributed by atoms with Crippen LogP contribution in [0.3, 0.4) is 0 Å². The lowest BCUT2D eigenvalue weighted by Crippen LogP contribution is -2.39. The molecule has 3 rings (SSSR count). The van der Waals surface area contributed by atoms with Crippen molar-refractivity contribution in [1.82, 2.24) is 20.4 Å². The summed E-state index contributed by atoms with van der Waals surface area (Å²) in [5.74, 6) is -3.77. The molecule has 0 fully saturated rings. The van der Waals surface area contributed by atoms with Gasteiger partial charge in [-0.15, -0.1) is 0 Å². The Morgan fingerprint density at radius 2 is 1.10 bits per heavy atom. The van der Waals surface area contributed by atoms with Crippen molar-refractivity contribution in [2.24, 2.45) is 5.11 Å². The number of aryl methyl sites for hydroxylation is 2. The fraction of sp³-hybridized carbons (Fsp3) is 0.465. The average Bonchev–Trinajstić information content (AvgIpc) is 3.24. The first-order valence-corrected chi connectivity index (χ1v) is 20.5. The van der Waals surface area contributed by atoms with E-state index in [0.717, 1.165) is 5.56 Å². The van der Waals surface area contributed by atoms with E-state index in [1.54, 1.807) is 53.4 Å². The summed E-state index contributed by atoms with van der Waals surface area (Å²) >= 11 is 0. The van der Waals surface area contributed by atoms with Crippen molar-refractivity contribution in [1.29, 1.82) is 0 Å². The van der Waals surface area contributed by atoms with Gasteiger partial charge < -0.3 is 50.4 Å². The van der Waals surface area contributed by atoms with Gasteiger partial charge in [-0.25, -0.2) is 0 Å². The lowest BCUT2D eigenvalue weighted by molar-refractivity contribution is -0.140. The maximum absolute atomic E-state index is 12.5. The first-order valence-electron chi connectivity index (χ1n) is 20.5. The number of hydrogen-bond acceptors (Lipinski definition) is 13. The molecule has 0 aromatic heterocycles. The molecular formula is C43H57N7O13. The molecule has 0 bridgehead atoms. The zero-order chi connectivity index (χ0) is 45.8. The number of carbonyl (C=O) groups is 5. The number of azide groups is 1. The predicted octanol–water partition coefficient (Wildman–Crippen LogP) is 3.84. The van der Waals surface area contributed by atoms with Crippen molar-refractivity contribution < 1.29 is 63.7 Å². The molecule has 0 spiro atoms. The monoisotopic (exact) mass is 879 g/mol. The van der Waals surface area contributed by atoms with Crippen LogP contribution in [0.15, 0.2) is 65.8 Å². The van der Waals surface area contributed by atoms with Crippen molar-refractivity contribution >= 4 is 35.4 Å². The highest BCUT2D eigenvalue weighted by Gasteiger charge is 2.19. The molecule has 0 aliphatic rings. The van der Waals surface area contributed by atoms with Crippen molar-refractivity contribution in [2.75, 3.05) is 78.9 Å². The molecule has 0 saturated heterocycles. The van der Waals surface area contributed by atoms with Crippen molar-refractivity contribution in [3.63, 3.8) is 0 Å². The van der Waals surface area contributed by atoms with Crippen LogP contribution in [-0.2, 0) is 59.3 Å². The van der Waals surface area contributed by atoms with Crippen LogP contribution in [0.1, 0.15) is 58.3 Å². The molecule has 0 atom stereocenters. The van der Waals surface area contributed by atoms with Gasteiger partial charge in [-0.2, -0.15) is 0 Å². The van der Waals surface area contributed by atoms with Crippen LogP contribution < -0.4 is 10.6 Å². The third kappa shape index (κ3) is 21.9. The summed E-state index contributed by atoms with van der Waals surface area (Å²) in [4.78, 5) is 64.9. The fourth-order valence-electron chi connectivity index (χ4n) is 6.17. The Bertz CT molecular complexity index is 1980. The number of nitrogens with one attached hydrogen (secondary N) is 2. The van der Waals surface area contributed by atoms with E-state index in [4.69, 9.17) is 24.8 Å². The van der Waals surface area contributed by atoms with Gasteiger partial charge in [0.1, 0.15) is 11.5 Å². The Morgan fingerprint density at radius 1 is 0.619 bits per heavy atom. The Labute approximate surface area is 365 Å². The number of carboxylic acid groups (broad SMARTS) is 3. The number of phenolic OH excluding ortho intramolecular Hbond substituents is 2. The van der Waals surface area contributed by atoms with Gasteiger partial charge in [0, 0.05) is 92.6 Å². The normalized spacial score (nSPS) is 11.0. The van der Waals surface area contributed by atoms with Gasteiger partial charge in [0.2, 0.25) is 5.91 Å². The number of nitrogens with zero attached hydrogens (tertiary/aromatic N) is 5. The fourth-order valence-corrected chi connectivity index (χ4v) is 6.17. The summed E-state index contributed by atoms with van der Waals surface area (Å²) < 4.78 is 16.6. The molecule has 20 nitrogen and oxygen atoms in total. The van der Waals surface area contributed by atoms with Crippen LogP contribution in [0.25, 0.3) is 10.4 Å². The number of ether oxygens (including phenoxy) is 3. The molecule has 20 heteroatoms. The highest BCUT2D eigenvalue weighted by atomic mass is 16.5. The van der Waals surface area contributed by atoms with Crippen molar-refractivity contribution in [3.8, 4) is 11.5 Å². The second-order valence-corrected chi connectivity index (χ2v) is 14.4. The van der Waals surface area contributed by atoms with E-state index >= 15 is 0 Å². The van der Waals surface area contributed by atoms with Gasteiger partial charge in [-0.1, -0.05) is 41.5 Å². The Hall–Kier alpha value is -6.28. The van der Waals surface area contributed by atoms with E-state index < -0.39 is 31.0 Å². The molecule has 63 heavy (non-hydrogen) atoms. The highest BCUT2D eigenvalue weighted by Crippen LogP contribution is 2.23. The molecule has 0 radical (unpaired) electrons. The Kier molecular flexibility index (Phi) is 23.6. The largest absolute Gasteiger partial charge is 0.508 e. The van der Waals surface area contributed by atoms with E-state index in [1.807, 2.05) is 0 Å². The molecule has 0 aliphatic heterocycles. The predicted molar refractivity (Wildman–Crippen MR) is 229 cm³/mol. The van der Waals surface area contributed by atoms with Gasteiger partial charge >= 0.3 is 17.9 Å². The molecule has 2 amide bonds. The Balaban J connectivity index is 1.30. The second kappa shape index (κ2) is 29.1. The van der Waals surface area contributed by atoms with Crippen LogP contribution >= 0.6 is 0 Å². The second-order valence-electron chi connectivity index (χ2n) is 14.4. The van der Waals surface area contributed by atoms with Crippen molar-refractivity contribution in [2.45, 2.75) is 51.6 Å². The van der Waals surface area contributed by atoms with E-state index in [1.165, 1.54) is 17.0 Å². The van der Waals surface area contributed by atoms with E-state index in [9.17, 15) is 44.4 Å². The van der Waals surface area contributed by atoms with Gasteiger partial charge in [-0.05, 0) is 66.6 Å². The molecule has 7 N–H and O–H groups in total. The minimum absolute atomic E-state index is 0.0117. The number of amides is 2. The van der Waals surface area contributed by atoms with Gasteiger partial charge in [0.15, 0.2) is 0 Å². The maximum Gasteiger partial charge on any atom is 0.317 e. The number of phenols is 2. The summed E-state index contributed by atoms with van der Waals surface area (Å²) in [5, 5.41) is 58.4. The van der Waals surface area contributed by atoms with Crippen LogP contribution in [0.4, 0.5) is 5.69 Å². The number of aliphatic carboxylic acids is 3. The molecule has 0 saturated carbocycles. The topological polar surface area (TPSA) is 293 Å². The number of benzene rings is 3. The summed E-state index contributed by atoms with van der Waals surface area (Å²) in [6.45, 7) is 2.73. The number of carbonyl (C=O) groups excluding carboxylic acids is 2. The van der Waals surface area contributed by atoms with Gasteiger partial charge in [0.05, 0.1) is 39.5 Å². The van der Waals surface area contributed by atoms with E-state index in [-0.39, 0.29) is 68.8 Å².